The lowest BCUT2D eigenvalue weighted by Crippen LogP contribution is -2.16. The van der Waals surface area contributed by atoms with Crippen molar-refractivity contribution < 1.29 is 27.4 Å². The number of ether oxygens (including phenoxy) is 2. The molecule has 0 N–H and O–H groups in total. The summed E-state index contributed by atoms with van der Waals surface area (Å²) < 4.78 is 46.8. The van der Waals surface area contributed by atoms with Crippen LogP contribution in [0.1, 0.15) is 25.0 Å². The van der Waals surface area contributed by atoms with Crippen molar-refractivity contribution in [2.24, 2.45) is 0 Å². The standard InChI is InChI=1S/C12H13F3O3/c1-8(16)18-10-6-4-3-5-9(10)11(17-2)7-12(13,14)15/h3-6,11H,7H2,1-2H3. The predicted molar refractivity (Wildman–Crippen MR) is 58.2 cm³/mol. The lowest BCUT2D eigenvalue weighted by atomic mass is 10.1. The molecule has 1 aromatic rings. The second-order valence-corrected chi connectivity index (χ2v) is 3.68. The highest BCUT2D eigenvalue weighted by Gasteiger charge is 2.34. The highest BCUT2D eigenvalue weighted by atomic mass is 19.4. The zero-order valence-electron chi connectivity index (χ0n) is 9.95. The number of halogens is 3. The van der Waals surface area contributed by atoms with Crippen molar-refractivity contribution in [2.45, 2.75) is 25.6 Å². The fourth-order valence-corrected chi connectivity index (χ4v) is 1.52. The lowest BCUT2D eigenvalue weighted by Gasteiger charge is -2.19. The largest absolute Gasteiger partial charge is 0.426 e. The van der Waals surface area contributed by atoms with Crippen molar-refractivity contribution in [2.75, 3.05) is 7.11 Å². The predicted octanol–water partition coefficient (Wildman–Crippen LogP) is 3.25. The zero-order valence-corrected chi connectivity index (χ0v) is 9.95. The van der Waals surface area contributed by atoms with Gasteiger partial charge < -0.3 is 9.47 Å². The second-order valence-electron chi connectivity index (χ2n) is 3.68. The highest BCUT2D eigenvalue weighted by molar-refractivity contribution is 5.69. The molecule has 100 valence electrons. The number of para-hydroxylation sites is 1. The fraction of sp³-hybridized carbons (Fsp3) is 0.417. The first kappa shape index (κ1) is 14.5. The summed E-state index contributed by atoms with van der Waals surface area (Å²) in [5.41, 5.74) is 0.201. The van der Waals surface area contributed by atoms with Crippen molar-refractivity contribution in [3.63, 3.8) is 0 Å². The first-order valence-electron chi connectivity index (χ1n) is 5.20. The van der Waals surface area contributed by atoms with E-state index in [-0.39, 0.29) is 11.3 Å². The van der Waals surface area contributed by atoms with Crippen molar-refractivity contribution in [1.82, 2.24) is 0 Å². The number of hydrogen-bond acceptors (Lipinski definition) is 3. The smallest absolute Gasteiger partial charge is 0.391 e. The van der Waals surface area contributed by atoms with Crippen LogP contribution in [0.4, 0.5) is 13.2 Å². The van der Waals surface area contributed by atoms with E-state index in [1.54, 1.807) is 12.1 Å². The SMILES string of the molecule is COC(CC(F)(F)F)c1ccccc1OC(C)=O. The summed E-state index contributed by atoms with van der Waals surface area (Å²) in [6, 6.07) is 6.00. The van der Waals surface area contributed by atoms with E-state index < -0.39 is 24.7 Å². The summed E-state index contributed by atoms with van der Waals surface area (Å²) >= 11 is 0. The quantitative estimate of drug-likeness (QED) is 0.617. The monoisotopic (exact) mass is 262 g/mol. The first-order chi connectivity index (χ1) is 8.33. The molecule has 0 aromatic heterocycles. The van der Waals surface area contributed by atoms with Crippen LogP contribution in [0.2, 0.25) is 0 Å². The molecule has 0 aliphatic rings. The number of rotatable bonds is 4. The van der Waals surface area contributed by atoms with Crippen molar-refractivity contribution in [3.8, 4) is 5.75 Å². The number of methoxy groups -OCH3 is 1. The summed E-state index contributed by atoms with van der Waals surface area (Å²) in [7, 11) is 1.18. The summed E-state index contributed by atoms with van der Waals surface area (Å²) in [6.45, 7) is 1.18. The molecule has 1 unspecified atom stereocenters. The summed E-state index contributed by atoms with van der Waals surface area (Å²) in [4.78, 5) is 10.9. The third kappa shape index (κ3) is 4.37. The van der Waals surface area contributed by atoms with Gasteiger partial charge >= 0.3 is 12.1 Å². The Morgan fingerprint density at radius 3 is 2.44 bits per heavy atom. The highest BCUT2D eigenvalue weighted by Crippen LogP contribution is 2.35. The minimum Gasteiger partial charge on any atom is -0.426 e. The number of carbonyl (C=O) groups is 1. The van der Waals surface area contributed by atoms with E-state index in [9.17, 15) is 18.0 Å². The number of alkyl halides is 3. The van der Waals surface area contributed by atoms with E-state index in [0.717, 1.165) is 0 Å². The van der Waals surface area contributed by atoms with Gasteiger partial charge in [0.05, 0.1) is 12.5 Å². The van der Waals surface area contributed by atoms with Crippen LogP contribution in [-0.4, -0.2) is 19.3 Å². The Morgan fingerprint density at radius 1 is 1.33 bits per heavy atom. The van der Waals surface area contributed by atoms with Crippen LogP contribution in [0.5, 0.6) is 5.75 Å². The van der Waals surface area contributed by atoms with E-state index in [1.807, 2.05) is 0 Å². The van der Waals surface area contributed by atoms with Crippen molar-refractivity contribution in [1.29, 1.82) is 0 Å². The van der Waals surface area contributed by atoms with E-state index in [0.29, 0.717) is 0 Å². The number of benzene rings is 1. The molecule has 18 heavy (non-hydrogen) atoms. The molecule has 0 saturated heterocycles. The van der Waals surface area contributed by atoms with E-state index in [2.05, 4.69) is 0 Å². The molecule has 0 fully saturated rings. The Labute approximate surface area is 103 Å². The molecule has 3 nitrogen and oxygen atoms in total. The molecule has 0 saturated carbocycles. The Morgan fingerprint density at radius 2 is 1.94 bits per heavy atom. The van der Waals surface area contributed by atoms with Gasteiger partial charge in [-0.25, -0.2) is 0 Å². The number of esters is 1. The third-order valence-electron chi connectivity index (χ3n) is 2.22. The zero-order chi connectivity index (χ0) is 13.8. The maximum atomic E-state index is 12.4. The molecule has 0 heterocycles. The molecule has 1 aromatic carbocycles. The van der Waals surface area contributed by atoms with Gasteiger partial charge in [-0.1, -0.05) is 18.2 Å². The molecule has 6 heteroatoms. The minimum absolute atomic E-state index is 0.0844. The van der Waals surface area contributed by atoms with Crippen LogP contribution in [-0.2, 0) is 9.53 Å². The molecule has 1 rings (SSSR count). The molecular formula is C12H13F3O3. The molecule has 0 bridgehead atoms. The average Bonchev–Trinajstić information content (AvgIpc) is 2.25. The maximum Gasteiger partial charge on any atom is 0.391 e. The molecular weight excluding hydrogens is 249 g/mol. The van der Waals surface area contributed by atoms with Gasteiger partial charge in [-0.15, -0.1) is 0 Å². The minimum atomic E-state index is -4.36. The Kier molecular flexibility index (Phi) is 4.72. The van der Waals surface area contributed by atoms with Gasteiger partial charge in [0.15, 0.2) is 0 Å². The Hall–Kier alpha value is -1.56. The number of hydrogen-bond donors (Lipinski definition) is 0. The Balaban J connectivity index is 3.01. The number of carbonyl (C=O) groups excluding carboxylic acids is 1. The molecule has 0 aliphatic carbocycles. The van der Waals surface area contributed by atoms with Crippen molar-refractivity contribution in [3.05, 3.63) is 29.8 Å². The first-order valence-corrected chi connectivity index (χ1v) is 5.20. The van der Waals surface area contributed by atoms with Crippen molar-refractivity contribution >= 4 is 5.97 Å². The summed E-state index contributed by atoms with van der Waals surface area (Å²) in [5.74, 6) is -0.509. The van der Waals surface area contributed by atoms with Gasteiger partial charge in [0, 0.05) is 19.6 Å². The van der Waals surface area contributed by atoms with Gasteiger partial charge in [-0.05, 0) is 6.07 Å². The third-order valence-corrected chi connectivity index (χ3v) is 2.22. The Bertz CT molecular complexity index is 415. The topological polar surface area (TPSA) is 35.5 Å². The maximum absolute atomic E-state index is 12.4. The van der Waals surface area contributed by atoms with Crippen LogP contribution in [0, 0.1) is 0 Å². The van der Waals surface area contributed by atoms with Crippen LogP contribution in [0.25, 0.3) is 0 Å². The van der Waals surface area contributed by atoms with E-state index >= 15 is 0 Å². The molecule has 1 atom stereocenters. The van der Waals surface area contributed by atoms with Gasteiger partial charge in [0.2, 0.25) is 0 Å². The molecule has 0 spiro atoms. The second kappa shape index (κ2) is 5.86. The average molecular weight is 262 g/mol. The van der Waals surface area contributed by atoms with Gasteiger partial charge in [0.1, 0.15) is 5.75 Å². The lowest BCUT2D eigenvalue weighted by molar-refractivity contribution is -0.158. The summed E-state index contributed by atoms with van der Waals surface area (Å²) in [5, 5.41) is 0. The summed E-state index contributed by atoms with van der Waals surface area (Å²) in [6.07, 6.45) is -6.69. The van der Waals surface area contributed by atoms with Crippen LogP contribution < -0.4 is 4.74 Å². The van der Waals surface area contributed by atoms with Gasteiger partial charge in [-0.3, -0.25) is 4.79 Å². The van der Waals surface area contributed by atoms with E-state index in [4.69, 9.17) is 9.47 Å². The molecule has 0 radical (unpaired) electrons. The van der Waals surface area contributed by atoms with Crippen LogP contribution in [0.15, 0.2) is 24.3 Å². The normalized spacial score (nSPS) is 13.2. The van der Waals surface area contributed by atoms with Gasteiger partial charge in [0.25, 0.3) is 0 Å². The van der Waals surface area contributed by atoms with Crippen LogP contribution >= 0.6 is 0 Å². The fourth-order valence-electron chi connectivity index (χ4n) is 1.52. The van der Waals surface area contributed by atoms with E-state index in [1.165, 1.54) is 26.2 Å². The molecule has 0 aliphatic heterocycles. The van der Waals surface area contributed by atoms with Gasteiger partial charge in [-0.2, -0.15) is 13.2 Å². The molecule has 0 amide bonds. The van der Waals surface area contributed by atoms with Crippen LogP contribution in [0.3, 0.4) is 0 Å².